The molecule has 3 fully saturated rings. The highest BCUT2D eigenvalue weighted by molar-refractivity contribution is 6.09. The van der Waals surface area contributed by atoms with E-state index in [4.69, 9.17) is 4.74 Å². The SMILES string of the molecule is O=C1OC(c2ccccc2)C2(CCCC2)C(=O)C12CCCCC2. The van der Waals surface area contributed by atoms with E-state index in [1.54, 1.807) is 0 Å². The summed E-state index contributed by atoms with van der Waals surface area (Å²) in [7, 11) is 0. The summed E-state index contributed by atoms with van der Waals surface area (Å²) in [6.07, 6.45) is 7.88. The van der Waals surface area contributed by atoms with E-state index in [0.717, 1.165) is 50.5 Å². The summed E-state index contributed by atoms with van der Waals surface area (Å²) in [6.45, 7) is 0. The topological polar surface area (TPSA) is 43.4 Å². The summed E-state index contributed by atoms with van der Waals surface area (Å²) in [6, 6.07) is 9.86. The van der Waals surface area contributed by atoms with Gasteiger partial charge in [-0.25, -0.2) is 0 Å². The number of cyclic esters (lactones) is 1. The molecule has 0 aromatic heterocycles. The standard InChI is InChI=1S/C20H24O3/c21-17-19(11-7-8-12-19)16(15-9-3-1-4-10-15)23-18(22)20(17)13-5-2-6-14-20/h1,3-4,9-10,16H,2,5-8,11-14H2. The Bertz CT molecular complexity index is 607. The Morgan fingerprint density at radius 1 is 0.826 bits per heavy atom. The quantitative estimate of drug-likeness (QED) is 0.571. The number of hydrogen-bond donors (Lipinski definition) is 0. The van der Waals surface area contributed by atoms with E-state index in [0.29, 0.717) is 12.8 Å². The van der Waals surface area contributed by atoms with E-state index in [9.17, 15) is 9.59 Å². The maximum atomic E-state index is 13.6. The molecular formula is C20H24O3. The van der Waals surface area contributed by atoms with Gasteiger partial charge < -0.3 is 4.74 Å². The zero-order valence-electron chi connectivity index (χ0n) is 13.6. The van der Waals surface area contributed by atoms with Crippen LogP contribution in [0.5, 0.6) is 0 Å². The van der Waals surface area contributed by atoms with Gasteiger partial charge in [0.05, 0.1) is 5.41 Å². The Hall–Kier alpha value is -1.64. The molecule has 1 atom stereocenters. The maximum absolute atomic E-state index is 13.6. The van der Waals surface area contributed by atoms with Crippen molar-refractivity contribution in [1.29, 1.82) is 0 Å². The minimum absolute atomic E-state index is 0.201. The van der Waals surface area contributed by atoms with Gasteiger partial charge in [0, 0.05) is 0 Å². The molecule has 122 valence electrons. The second-order valence-electron chi connectivity index (χ2n) is 7.53. The van der Waals surface area contributed by atoms with Crippen molar-refractivity contribution in [2.75, 3.05) is 0 Å². The molecule has 3 nitrogen and oxygen atoms in total. The van der Waals surface area contributed by atoms with Crippen molar-refractivity contribution in [3.63, 3.8) is 0 Å². The molecule has 0 radical (unpaired) electrons. The first-order valence-corrected chi connectivity index (χ1v) is 9.00. The number of carbonyl (C=O) groups excluding carboxylic acids is 2. The van der Waals surface area contributed by atoms with E-state index >= 15 is 0 Å². The van der Waals surface area contributed by atoms with Crippen LogP contribution in [0.25, 0.3) is 0 Å². The number of ether oxygens (including phenoxy) is 1. The van der Waals surface area contributed by atoms with Gasteiger partial charge in [0.25, 0.3) is 0 Å². The first-order valence-electron chi connectivity index (χ1n) is 9.00. The van der Waals surface area contributed by atoms with Gasteiger partial charge in [-0.15, -0.1) is 0 Å². The summed E-state index contributed by atoms with van der Waals surface area (Å²) < 4.78 is 6.01. The number of hydrogen-bond acceptors (Lipinski definition) is 3. The zero-order valence-corrected chi connectivity index (χ0v) is 13.6. The van der Waals surface area contributed by atoms with Crippen molar-refractivity contribution in [2.24, 2.45) is 10.8 Å². The molecule has 1 aliphatic heterocycles. The molecule has 0 amide bonds. The van der Waals surface area contributed by atoms with Crippen molar-refractivity contribution >= 4 is 11.8 Å². The number of rotatable bonds is 1. The summed E-state index contributed by atoms with van der Waals surface area (Å²) in [4.78, 5) is 26.5. The van der Waals surface area contributed by atoms with Crippen LogP contribution in [0.15, 0.2) is 30.3 Å². The Morgan fingerprint density at radius 2 is 1.43 bits per heavy atom. The number of Topliss-reactive ketones (excluding diaryl/α,β-unsaturated/α-hetero) is 1. The van der Waals surface area contributed by atoms with Crippen molar-refractivity contribution in [1.82, 2.24) is 0 Å². The average molecular weight is 312 g/mol. The van der Waals surface area contributed by atoms with Crippen LogP contribution in [0.1, 0.15) is 69.5 Å². The van der Waals surface area contributed by atoms with Gasteiger partial charge >= 0.3 is 5.97 Å². The maximum Gasteiger partial charge on any atom is 0.320 e. The fourth-order valence-electron chi connectivity index (χ4n) is 5.12. The Labute approximate surface area is 137 Å². The molecule has 1 aromatic carbocycles. The van der Waals surface area contributed by atoms with E-state index in [2.05, 4.69) is 0 Å². The highest BCUT2D eigenvalue weighted by Crippen LogP contribution is 2.59. The average Bonchev–Trinajstić information content (AvgIpc) is 3.09. The lowest BCUT2D eigenvalue weighted by Crippen LogP contribution is -2.57. The fraction of sp³-hybridized carbons (Fsp3) is 0.600. The van der Waals surface area contributed by atoms with Crippen LogP contribution < -0.4 is 0 Å². The van der Waals surface area contributed by atoms with Crippen LogP contribution in [-0.4, -0.2) is 11.8 Å². The second kappa shape index (κ2) is 5.47. The lowest BCUT2D eigenvalue weighted by molar-refractivity contribution is -0.194. The molecule has 2 aliphatic carbocycles. The molecule has 4 rings (SSSR count). The smallest absolute Gasteiger partial charge is 0.320 e. The summed E-state index contributed by atoms with van der Waals surface area (Å²) in [5.41, 5.74) is -0.345. The number of benzene rings is 1. The number of esters is 1. The molecular weight excluding hydrogens is 288 g/mol. The van der Waals surface area contributed by atoms with E-state index < -0.39 is 16.9 Å². The minimum Gasteiger partial charge on any atom is -0.456 e. The molecule has 1 aromatic rings. The Morgan fingerprint density at radius 3 is 2.09 bits per heavy atom. The fourth-order valence-corrected chi connectivity index (χ4v) is 5.12. The molecule has 23 heavy (non-hydrogen) atoms. The highest BCUT2D eigenvalue weighted by atomic mass is 16.5. The van der Waals surface area contributed by atoms with Gasteiger partial charge in [-0.1, -0.05) is 62.4 Å². The lowest BCUT2D eigenvalue weighted by atomic mass is 9.58. The first kappa shape index (κ1) is 14.9. The molecule has 1 heterocycles. The predicted molar refractivity (Wildman–Crippen MR) is 86.7 cm³/mol. The summed E-state index contributed by atoms with van der Waals surface area (Å²) in [5.74, 6) is -0.0547. The van der Waals surface area contributed by atoms with Gasteiger partial charge in [-0.2, -0.15) is 0 Å². The van der Waals surface area contributed by atoms with E-state index in [1.165, 1.54) is 0 Å². The third-order valence-electron chi connectivity index (χ3n) is 6.31. The summed E-state index contributed by atoms with van der Waals surface area (Å²) >= 11 is 0. The van der Waals surface area contributed by atoms with Crippen molar-refractivity contribution in [3.05, 3.63) is 35.9 Å². The Balaban J connectivity index is 1.79. The first-order chi connectivity index (χ1) is 11.2. The molecule has 0 bridgehead atoms. The third kappa shape index (κ3) is 2.09. The predicted octanol–water partition coefficient (Wildman–Crippen LogP) is 4.36. The van der Waals surface area contributed by atoms with Gasteiger partial charge in [-0.05, 0) is 31.2 Å². The molecule has 1 saturated heterocycles. The molecule has 0 N–H and O–H groups in total. The largest absolute Gasteiger partial charge is 0.456 e. The molecule has 3 heteroatoms. The van der Waals surface area contributed by atoms with Gasteiger partial charge in [-0.3, -0.25) is 9.59 Å². The normalized spacial score (nSPS) is 29.0. The highest BCUT2D eigenvalue weighted by Gasteiger charge is 2.64. The Kier molecular flexibility index (Phi) is 3.55. The molecule has 1 unspecified atom stereocenters. The molecule has 2 saturated carbocycles. The van der Waals surface area contributed by atoms with Crippen LogP contribution in [0.2, 0.25) is 0 Å². The second-order valence-corrected chi connectivity index (χ2v) is 7.53. The van der Waals surface area contributed by atoms with Gasteiger partial charge in [0.15, 0.2) is 5.78 Å². The van der Waals surface area contributed by atoms with E-state index in [1.807, 2.05) is 30.3 Å². The number of carbonyl (C=O) groups is 2. The van der Waals surface area contributed by atoms with Crippen LogP contribution in [0, 0.1) is 10.8 Å². The van der Waals surface area contributed by atoms with Crippen LogP contribution in [-0.2, 0) is 14.3 Å². The van der Waals surface area contributed by atoms with Crippen LogP contribution in [0.4, 0.5) is 0 Å². The van der Waals surface area contributed by atoms with Gasteiger partial charge in [0.2, 0.25) is 0 Å². The van der Waals surface area contributed by atoms with E-state index in [-0.39, 0.29) is 11.8 Å². The molecule has 3 aliphatic rings. The van der Waals surface area contributed by atoms with Crippen LogP contribution >= 0.6 is 0 Å². The lowest BCUT2D eigenvalue weighted by Gasteiger charge is -2.49. The van der Waals surface area contributed by atoms with Crippen LogP contribution in [0.3, 0.4) is 0 Å². The number of ketones is 1. The molecule has 2 spiro atoms. The van der Waals surface area contributed by atoms with Crippen molar-refractivity contribution < 1.29 is 14.3 Å². The van der Waals surface area contributed by atoms with Gasteiger partial charge in [0.1, 0.15) is 11.5 Å². The summed E-state index contributed by atoms with van der Waals surface area (Å²) in [5, 5.41) is 0. The third-order valence-corrected chi connectivity index (χ3v) is 6.31. The zero-order chi connectivity index (χ0) is 15.9. The van der Waals surface area contributed by atoms with Crippen molar-refractivity contribution in [2.45, 2.75) is 63.9 Å². The minimum atomic E-state index is -0.839. The van der Waals surface area contributed by atoms with Crippen molar-refractivity contribution in [3.8, 4) is 0 Å². The monoisotopic (exact) mass is 312 g/mol.